The Morgan fingerprint density at radius 1 is 0.897 bits per heavy atom. The Labute approximate surface area is 167 Å². The number of hydrogen-bond donors (Lipinski definition) is 0. The van der Waals surface area contributed by atoms with Crippen LogP contribution >= 0.6 is 0 Å². The minimum absolute atomic E-state index is 0.0899. The van der Waals surface area contributed by atoms with Crippen molar-refractivity contribution in [2.75, 3.05) is 0 Å². The van der Waals surface area contributed by atoms with Crippen molar-refractivity contribution in [2.24, 2.45) is 0 Å². The van der Waals surface area contributed by atoms with Crippen molar-refractivity contribution in [1.82, 2.24) is 9.38 Å². The third-order valence-corrected chi connectivity index (χ3v) is 4.35. The Bertz CT molecular complexity index is 1200. The van der Waals surface area contributed by atoms with Gasteiger partial charge in [-0.25, -0.2) is 9.78 Å². The summed E-state index contributed by atoms with van der Waals surface area (Å²) >= 11 is 0. The van der Waals surface area contributed by atoms with Gasteiger partial charge < -0.3 is 9.47 Å². The zero-order chi connectivity index (χ0) is 20.1. The van der Waals surface area contributed by atoms with Crippen LogP contribution in [0.15, 0.2) is 89.9 Å². The Morgan fingerprint density at radius 2 is 1.66 bits per heavy atom. The Kier molecular flexibility index (Phi) is 5.33. The van der Waals surface area contributed by atoms with E-state index in [-0.39, 0.29) is 18.8 Å². The highest BCUT2D eigenvalue weighted by Crippen LogP contribution is 2.16. The summed E-state index contributed by atoms with van der Waals surface area (Å²) in [6, 6.07) is 23.1. The number of carbonyl (C=O) groups excluding carboxylic acids is 1. The molecule has 4 rings (SSSR count). The molecule has 0 atom stereocenters. The van der Waals surface area contributed by atoms with Crippen LogP contribution in [0.4, 0.5) is 0 Å². The van der Waals surface area contributed by atoms with Crippen LogP contribution in [0, 0.1) is 0 Å². The summed E-state index contributed by atoms with van der Waals surface area (Å²) in [6.07, 6.45) is 1.64. The fourth-order valence-corrected chi connectivity index (χ4v) is 2.92. The van der Waals surface area contributed by atoms with Crippen LogP contribution in [-0.2, 0) is 18.0 Å². The fraction of sp³-hybridized carbons (Fsp3) is 0.0870. The molecule has 6 heteroatoms. The molecule has 0 bridgehead atoms. The average molecular weight is 386 g/mol. The van der Waals surface area contributed by atoms with Gasteiger partial charge in [0.15, 0.2) is 0 Å². The molecule has 2 aromatic heterocycles. The molecule has 0 fully saturated rings. The van der Waals surface area contributed by atoms with Gasteiger partial charge >= 0.3 is 5.97 Å². The van der Waals surface area contributed by atoms with Gasteiger partial charge in [-0.15, -0.1) is 0 Å². The van der Waals surface area contributed by atoms with Gasteiger partial charge in [-0.2, -0.15) is 0 Å². The number of ether oxygens (including phenoxy) is 2. The van der Waals surface area contributed by atoms with E-state index in [0.29, 0.717) is 22.5 Å². The van der Waals surface area contributed by atoms with Crippen molar-refractivity contribution in [3.63, 3.8) is 0 Å². The van der Waals surface area contributed by atoms with E-state index in [2.05, 4.69) is 4.98 Å². The lowest BCUT2D eigenvalue weighted by molar-refractivity contribution is 0.0464. The second-order valence-electron chi connectivity index (χ2n) is 6.35. The molecule has 0 unspecified atom stereocenters. The highest BCUT2D eigenvalue weighted by molar-refractivity contribution is 5.91. The number of hydrogen-bond acceptors (Lipinski definition) is 5. The molecule has 0 N–H and O–H groups in total. The molecule has 0 spiro atoms. The van der Waals surface area contributed by atoms with E-state index in [1.807, 2.05) is 42.5 Å². The molecule has 29 heavy (non-hydrogen) atoms. The first-order chi connectivity index (χ1) is 14.2. The van der Waals surface area contributed by atoms with Gasteiger partial charge in [-0.05, 0) is 30.3 Å². The Morgan fingerprint density at radius 3 is 2.52 bits per heavy atom. The summed E-state index contributed by atoms with van der Waals surface area (Å²) in [5, 5.41) is 0. The zero-order valence-corrected chi connectivity index (χ0v) is 15.5. The number of benzene rings is 2. The van der Waals surface area contributed by atoms with Crippen molar-refractivity contribution in [2.45, 2.75) is 13.2 Å². The van der Waals surface area contributed by atoms with Gasteiger partial charge in [0, 0.05) is 17.8 Å². The predicted octanol–water partition coefficient (Wildman–Crippen LogP) is 3.63. The van der Waals surface area contributed by atoms with E-state index in [1.54, 1.807) is 36.5 Å². The first-order valence-electron chi connectivity index (χ1n) is 9.11. The SMILES string of the molecule is O=C(OCc1cc(=O)n2ccccc2n1)c1ccccc1COc1ccccc1. The van der Waals surface area contributed by atoms with E-state index in [1.165, 1.54) is 10.5 Å². The summed E-state index contributed by atoms with van der Waals surface area (Å²) in [5.74, 6) is 0.226. The van der Waals surface area contributed by atoms with Crippen molar-refractivity contribution >= 4 is 11.6 Å². The van der Waals surface area contributed by atoms with Gasteiger partial charge in [0.05, 0.1) is 11.3 Å². The number of fused-ring (bicyclic) bond motifs is 1. The molecule has 0 aliphatic heterocycles. The maximum Gasteiger partial charge on any atom is 0.338 e. The Balaban J connectivity index is 1.47. The standard InChI is InChI=1S/C23H18N2O4/c26-22-14-18(24-21-12-6-7-13-25(21)22)16-29-23(27)20-11-5-4-8-17(20)15-28-19-9-2-1-3-10-19/h1-14H,15-16H2. The molecule has 0 aliphatic rings. The van der Waals surface area contributed by atoms with Gasteiger partial charge in [-0.1, -0.05) is 42.5 Å². The zero-order valence-electron chi connectivity index (χ0n) is 15.5. The average Bonchev–Trinajstić information content (AvgIpc) is 2.77. The Hall–Kier alpha value is -3.93. The fourth-order valence-electron chi connectivity index (χ4n) is 2.92. The maximum absolute atomic E-state index is 12.6. The van der Waals surface area contributed by atoms with E-state index in [4.69, 9.17) is 9.47 Å². The number of rotatable bonds is 6. The van der Waals surface area contributed by atoms with Crippen LogP contribution in [0.5, 0.6) is 5.75 Å². The first-order valence-corrected chi connectivity index (χ1v) is 9.11. The predicted molar refractivity (Wildman–Crippen MR) is 108 cm³/mol. The number of aromatic nitrogens is 2. The summed E-state index contributed by atoms with van der Waals surface area (Å²) in [6.45, 7) is 0.151. The number of nitrogens with zero attached hydrogens (tertiary/aromatic N) is 2. The van der Waals surface area contributed by atoms with Gasteiger partial charge in [0.25, 0.3) is 5.56 Å². The second-order valence-corrected chi connectivity index (χ2v) is 6.35. The highest BCUT2D eigenvalue weighted by atomic mass is 16.5. The summed E-state index contributed by atoms with van der Waals surface area (Å²) in [4.78, 5) is 29.1. The molecular weight excluding hydrogens is 368 g/mol. The van der Waals surface area contributed by atoms with Crippen molar-refractivity contribution in [1.29, 1.82) is 0 Å². The third kappa shape index (κ3) is 4.32. The summed E-state index contributed by atoms with van der Waals surface area (Å²) in [7, 11) is 0. The lowest BCUT2D eigenvalue weighted by Crippen LogP contribution is -2.16. The molecule has 0 aliphatic carbocycles. The van der Waals surface area contributed by atoms with Crippen LogP contribution in [0.3, 0.4) is 0 Å². The normalized spacial score (nSPS) is 10.6. The van der Waals surface area contributed by atoms with Crippen LogP contribution < -0.4 is 10.3 Å². The van der Waals surface area contributed by atoms with Crippen molar-refractivity contribution in [3.05, 3.63) is 112 Å². The van der Waals surface area contributed by atoms with Crippen LogP contribution in [0.2, 0.25) is 0 Å². The lowest BCUT2D eigenvalue weighted by atomic mass is 10.1. The quantitative estimate of drug-likeness (QED) is 0.473. The molecule has 0 amide bonds. The third-order valence-electron chi connectivity index (χ3n) is 4.35. The monoisotopic (exact) mass is 386 g/mol. The van der Waals surface area contributed by atoms with Gasteiger partial charge in [-0.3, -0.25) is 9.20 Å². The molecular formula is C23H18N2O4. The molecule has 0 saturated heterocycles. The minimum atomic E-state index is -0.493. The minimum Gasteiger partial charge on any atom is -0.489 e. The molecule has 144 valence electrons. The molecule has 4 aromatic rings. The van der Waals surface area contributed by atoms with E-state index >= 15 is 0 Å². The summed E-state index contributed by atoms with van der Waals surface area (Å²) in [5.41, 5.74) is 1.81. The maximum atomic E-state index is 12.6. The van der Waals surface area contributed by atoms with Crippen LogP contribution in [0.1, 0.15) is 21.6 Å². The second kappa shape index (κ2) is 8.39. The topological polar surface area (TPSA) is 69.9 Å². The molecule has 6 nitrogen and oxygen atoms in total. The number of carbonyl (C=O) groups is 1. The molecule has 0 saturated carbocycles. The van der Waals surface area contributed by atoms with Crippen LogP contribution in [-0.4, -0.2) is 15.4 Å². The number of esters is 1. The van der Waals surface area contributed by atoms with E-state index in [9.17, 15) is 9.59 Å². The number of para-hydroxylation sites is 1. The van der Waals surface area contributed by atoms with Crippen LogP contribution in [0.25, 0.3) is 5.65 Å². The first kappa shape index (κ1) is 18.4. The molecule has 0 radical (unpaired) electrons. The van der Waals surface area contributed by atoms with Crippen molar-refractivity contribution in [3.8, 4) is 5.75 Å². The van der Waals surface area contributed by atoms with E-state index < -0.39 is 5.97 Å². The summed E-state index contributed by atoms with van der Waals surface area (Å²) < 4.78 is 12.6. The number of pyridine rings is 1. The van der Waals surface area contributed by atoms with Gasteiger partial charge in [0.1, 0.15) is 24.6 Å². The van der Waals surface area contributed by atoms with E-state index in [0.717, 1.165) is 5.75 Å². The molecule has 2 aromatic carbocycles. The smallest absolute Gasteiger partial charge is 0.338 e. The van der Waals surface area contributed by atoms with Crippen molar-refractivity contribution < 1.29 is 14.3 Å². The largest absolute Gasteiger partial charge is 0.489 e. The van der Waals surface area contributed by atoms with Gasteiger partial charge in [0.2, 0.25) is 0 Å². The highest BCUT2D eigenvalue weighted by Gasteiger charge is 2.14. The lowest BCUT2D eigenvalue weighted by Gasteiger charge is -2.11. The molecule has 2 heterocycles.